The number of halogens is 2. The molecular weight excluding hydrogens is 388 g/mol. The number of aromatic nitrogens is 2. The summed E-state index contributed by atoms with van der Waals surface area (Å²) in [4.78, 5) is 18.3. The van der Waals surface area contributed by atoms with Crippen molar-refractivity contribution in [2.24, 2.45) is 17.3 Å². The molecule has 7 heteroatoms. The largest absolute Gasteiger partial charge is 0.392 e. The van der Waals surface area contributed by atoms with Gasteiger partial charge in [-0.25, -0.2) is 13.8 Å². The number of carbonyl (C=O) groups is 1. The minimum Gasteiger partial charge on any atom is -0.392 e. The normalized spacial score (nSPS) is 32.8. The minimum absolute atomic E-state index is 0.0675. The fourth-order valence-corrected chi connectivity index (χ4v) is 6.27. The molecule has 6 rings (SSSR count). The smallest absolute Gasteiger partial charge is 0.260 e. The van der Waals surface area contributed by atoms with Crippen LogP contribution in [0, 0.1) is 17.3 Å². The lowest BCUT2D eigenvalue weighted by Gasteiger charge is -2.43. The van der Waals surface area contributed by atoms with Crippen molar-refractivity contribution in [3.8, 4) is 11.3 Å². The Labute approximate surface area is 173 Å². The summed E-state index contributed by atoms with van der Waals surface area (Å²) in [5.41, 5.74) is 3.28. The standard InChI is InChI=1S/C23H25F2N3O2/c24-23(25)11-17(23)21(30)27-9-7-22(8-10-27)6-5-16(20(22)29)19-15-4-2-1-3-14(15)18-12-26-13-28(18)19/h1-4,12-13,16-17,19-20,29H,5-11H2/t16-,17-,19?,20+/m0/s1. The van der Waals surface area contributed by atoms with Crippen molar-refractivity contribution in [2.75, 3.05) is 13.1 Å². The third kappa shape index (κ3) is 2.47. The zero-order chi connectivity index (χ0) is 20.7. The van der Waals surface area contributed by atoms with Crippen LogP contribution in [0.15, 0.2) is 36.8 Å². The lowest BCUT2D eigenvalue weighted by atomic mass is 9.73. The Morgan fingerprint density at radius 1 is 1.17 bits per heavy atom. The van der Waals surface area contributed by atoms with Crippen LogP contribution in [-0.4, -0.2) is 50.6 Å². The molecule has 2 aromatic rings. The number of alkyl halides is 2. The molecule has 0 radical (unpaired) electrons. The average Bonchev–Trinajstić information content (AvgIpc) is 3.08. The first-order chi connectivity index (χ1) is 14.4. The Kier molecular flexibility index (Phi) is 3.77. The van der Waals surface area contributed by atoms with Crippen LogP contribution in [0.2, 0.25) is 0 Å². The van der Waals surface area contributed by atoms with Gasteiger partial charge in [-0.05, 0) is 31.2 Å². The van der Waals surface area contributed by atoms with Gasteiger partial charge in [0.25, 0.3) is 5.92 Å². The predicted molar refractivity (Wildman–Crippen MR) is 106 cm³/mol. The zero-order valence-electron chi connectivity index (χ0n) is 16.7. The fourth-order valence-electron chi connectivity index (χ4n) is 6.27. The summed E-state index contributed by atoms with van der Waals surface area (Å²) in [5, 5.41) is 11.5. The van der Waals surface area contributed by atoms with Crippen molar-refractivity contribution in [3.63, 3.8) is 0 Å². The average molecular weight is 413 g/mol. The molecule has 158 valence electrons. The highest BCUT2D eigenvalue weighted by atomic mass is 19.3. The molecule has 4 atom stereocenters. The maximum atomic E-state index is 13.3. The van der Waals surface area contributed by atoms with E-state index in [1.807, 2.05) is 24.7 Å². The van der Waals surface area contributed by atoms with Crippen LogP contribution in [0.4, 0.5) is 8.78 Å². The van der Waals surface area contributed by atoms with Gasteiger partial charge in [-0.3, -0.25) is 4.79 Å². The van der Waals surface area contributed by atoms with E-state index >= 15 is 0 Å². The molecule has 1 aromatic carbocycles. The molecular formula is C23H25F2N3O2. The van der Waals surface area contributed by atoms with Crippen LogP contribution in [0.5, 0.6) is 0 Å². The molecule has 2 saturated carbocycles. The second-order valence-corrected chi connectivity index (χ2v) is 9.57. The molecule has 1 amide bonds. The molecule has 5 nitrogen and oxygen atoms in total. The summed E-state index contributed by atoms with van der Waals surface area (Å²) < 4.78 is 28.8. The monoisotopic (exact) mass is 413 g/mol. The van der Waals surface area contributed by atoms with Gasteiger partial charge >= 0.3 is 0 Å². The number of benzene rings is 1. The topological polar surface area (TPSA) is 58.4 Å². The number of amides is 1. The third-order valence-corrected chi connectivity index (χ3v) is 8.13. The second kappa shape index (κ2) is 6.13. The number of imidazole rings is 1. The highest BCUT2D eigenvalue weighted by Crippen LogP contribution is 2.56. The van der Waals surface area contributed by atoms with E-state index in [9.17, 15) is 18.7 Å². The molecule has 1 spiro atoms. The number of likely N-dealkylation sites (tertiary alicyclic amines) is 1. The lowest BCUT2D eigenvalue weighted by molar-refractivity contribution is -0.138. The Hall–Kier alpha value is -2.28. The van der Waals surface area contributed by atoms with E-state index in [-0.39, 0.29) is 23.8 Å². The van der Waals surface area contributed by atoms with Gasteiger partial charge in [0.15, 0.2) is 0 Å². The number of nitrogens with zero attached hydrogens (tertiary/aromatic N) is 3. The molecule has 1 N–H and O–H groups in total. The molecule has 4 aliphatic rings. The first-order valence-corrected chi connectivity index (χ1v) is 10.9. The van der Waals surface area contributed by atoms with Gasteiger partial charge in [-0.2, -0.15) is 0 Å². The molecule has 2 aliphatic heterocycles. The molecule has 3 fully saturated rings. The number of aliphatic hydroxyl groups excluding tert-OH is 1. The van der Waals surface area contributed by atoms with Crippen LogP contribution in [0.3, 0.4) is 0 Å². The van der Waals surface area contributed by atoms with E-state index in [1.54, 1.807) is 4.90 Å². The van der Waals surface area contributed by atoms with Crippen molar-refractivity contribution >= 4 is 5.91 Å². The summed E-state index contributed by atoms with van der Waals surface area (Å²) >= 11 is 0. The first-order valence-electron chi connectivity index (χ1n) is 10.9. The van der Waals surface area contributed by atoms with E-state index in [4.69, 9.17) is 0 Å². The van der Waals surface area contributed by atoms with Gasteiger partial charge in [0, 0.05) is 36.4 Å². The Morgan fingerprint density at radius 2 is 1.90 bits per heavy atom. The summed E-state index contributed by atoms with van der Waals surface area (Å²) in [5.74, 6) is -4.27. The van der Waals surface area contributed by atoms with Crippen LogP contribution in [0.25, 0.3) is 11.3 Å². The van der Waals surface area contributed by atoms with Crippen molar-refractivity contribution < 1.29 is 18.7 Å². The van der Waals surface area contributed by atoms with Gasteiger partial charge in [0.2, 0.25) is 5.91 Å². The second-order valence-electron chi connectivity index (χ2n) is 9.57. The van der Waals surface area contributed by atoms with Crippen molar-refractivity contribution in [3.05, 3.63) is 42.4 Å². The van der Waals surface area contributed by atoms with E-state index in [0.717, 1.165) is 18.5 Å². The maximum Gasteiger partial charge on any atom is 0.260 e. The molecule has 1 saturated heterocycles. The van der Waals surface area contributed by atoms with Crippen LogP contribution in [-0.2, 0) is 4.79 Å². The van der Waals surface area contributed by atoms with Gasteiger partial charge in [0.05, 0.1) is 30.4 Å². The van der Waals surface area contributed by atoms with Crippen molar-refractivity contribution in [1.82, 2.24) is 14.5 Å². The molecule has 1 unspecified atom stereocenters. The Balaban J connectivity index is 1.21. The van der Waals surface area contributed by atoms with Crippen LogP contribution >= 0.6 is 0 Å². The van der Waals surface area contributed by atoms with Gasteiger partial charge < -0.3 is 14.6 Å². The van der Waals surface area contributed by atoms with E-state index < -0.39 is 23.9 Å². The maximum absolute atomic E-state index is 13.3. The van der Waals surface area contributed by atoms with Crippen molar-refractivity contribution in [1.29, 1.82) is 0 Å². The van der Waals surface area contributed by atoms with Gasteiger partial charge in [-0.1, -0.05) is 24.3 Å². The first kappa shape index (κ1) is 18.5. The lowest BCUT2D eigenvalue weighted by Crippen LogP contribution is -2.48. The number of carbonyl (C=O) groups excluding carboxylic acids is 1. The van der Waals surface area contributed by atoms with Gasteiger partial charge in [-0.15, -0.1) is 0 Å². The van der Waals surface area contributed by atoms with E-state index in [2.05, 4.69) is 21.7 Å². The number of aliphatic hydroxyl groups is 1. The Bertz CT molecular complexity index is 1010. The van der Waals surface area contributed by atoms with Crippen LogP contribution in [0.1, 0.15) is 43.7 Å². The number of fused-ring (bicyclic) bond motifs is 3. The summed E-state index contributed by atoms with van der Waals surface area (Å²) in [7, 11) is 0. The summed E-state index contributed by atoms with van der Waals surface area (Å²) in [6.45, 7) is 0.930. The number of hydrogen-bond acceptors (Lipinski definition) is 3. The number of piperidine rings is 1. The quantitative estimate of drug-likeness (QED) is 0.820. The van der Waals surface area contributed by atoms with Gasteiger partial charge in [0.1, 0.15) is 5.92 Å². The third-order valence-electron chi connectivity index (χ3n) is 8.13. The fraction of sp³-hybridized carbons (Fsp3) is 0.565. The van der Waals surface area contributed by atoms with E-state index in [0.29, 0.717) is 25.9 Å². The highest BCUT2D eigenvalue weighted by molar-refractivity contribution is 5.83. The molecule has 1 aromatic heterocycles. The summed E-state index contributed by atoms with van der Waals surface area (Å²) in [6.07, 6.45) is 6.12. The highest BCUT2D eigenvalue weighted by Gasteiger charge is 2.63. The van der Waals surface area contributed by atoms with E-state index in [1.165, 1.54) is 11.1 Å². The molecule has 2 aliphatic carbocycles. The molecule has 3 heterocycles. The summed E-state index contributed by atoms with van der Waals surface area (Å²) in [6, 6.07) is 8.39. The van der Waals surface area contributed by atoms with Crippen LogP contribution < -0.4 is 0 Å². The molecule has 30 heavy (non-hydrogen) atoms. The number of rotatable bonds is 2. The predicted octanol–water partition coefficient (Wildman–Crippen LogP) is 3.49. The zero-order valence-corrected chi connectivity index (χ0v) is 16.7. The van der Waals surface area contributed by atoms with Crippen molar-refractivity contribution in [2.45, 2.75) is 50.2 Å². The Morgan fingerprint density at radius 3 is 2.63 bits per heavy atom. The minimum atomic E-state index is -2.82. The number of hydrogen-bond donors (Lipinski definition) is 1. The SMILES string of the molecule is O=C([C@@H]1CC1(F)F)N1CCC2(CC[C@@H](C3c4ccccc4-c4cncn43)[C@H]2O)CC1. The molecule has 0 bridgehead atoms.